The van der Waals surface area contributed by atoms with Crippen LogP contribution in [-0.2, 0) is 16.1 Å². The number of benzene rings is 1. The standard InChI is InChI=1S/C17H22N2O4/c1-4-7-18-17(21)13-9-16(20)19(11-13)10-12-5-6-14(22-2)15(8-12)23-3/h4-6,8,13H,1,7,9-11H2,2-3H3,(H,18,21). The van der Waals surface area contributed by atoms with Crippen molar-refractivity contribution in [2.75, 3.05) is 27.3 Å². The first-order valence-corrected chi connectivity index (χ1v) is 7.46. The number of likely N-dealkylation sites (tertiary alicyclic amines) is 1. The van der Waals surface area contributed by atoms with Gasteiger partial charge in [-0.25, -0.2) is 0 Å². The number of ether oxygens (including phenoxy) is 2. The van der Waals surface area contributed by atoms with Crippen molar-refractivity contribution in [1.82, 2.24) is 10.2 Å². The topological polar surface area (TPSA) is 67.9 Å². The molecular weight excluding hydrogens is 296 g/mol. The highest BCUT2D eigenvalue weighted by molar-refractivity contribution is 5.89. The van der Waals surface area contributed by atoms with Crippen molar-refractivity contribution >= 4 is 11.8 Å². The average molecular weight is 318 g/mol. The Morgan fingerprint density at radius 3 is 2.78 bits per heavy atom. The molecule has 1 atom stereocenters. The minimum atomic E-state index is -0.303. The maximum atomic E-state index is 12.1. The van der Waals surface area contributed by atoms with Gasteiger partial charge >= 0.3 is 0 Å². The number of nitrogens with zero attached hydrogens (tertiary/aromatic N) is 1. The third-order valence-corrected chi connectivity index (χ3v) is 3.83. The van der Waals surface area contributed by atoms with E-state index >= 15 is 0 Å². The number of amides is 2. The molecule has 0 aliphatic carbocycles. The third-order valence-electron chi connectivity index (χ3n) is 3.83. The molecule has 124 valence electrons. The van der Waals surface area contributed by atoms with Gasteiger partial charge in [-0.2, -0.15) is 0 Å². The monoisotopic (exact) mass is 318 g/mol. The number of hydrogen-bond acceptors (Lipinski definition) is 4. The van der Waals surface area contributed by atoms with Gasteiger partial charge in [0.2, 0.25) is 11.8 Å². The normalized spacial score (nSPS) is 17.0. The van der Waals surface area contributed by atoms with Crippen molar-refractivity contribution in [2.24, 2.45) is 5.92 Å². The Hall–Kier alpha value is -2.50. The highest BCUT2D eigenvalue weighted by atomic mass is 16.5. The van der Waals surface area contributed by atoms with Crippen molar-refractivity contribution < 1.29 is 19.1 Å². The van der Waals surface area contributed by atoms with Gasteiger partial charge in [0, 0.05) is 26.1 Å². The van der Waals surface area contributed by atoms with Crippen LogP contribution in [0.4, 0.5) is 0 Å². The molecule has 0 radical (unpaired) electrons. The number of carbonyl (C=O) groups excluding carboxylic acids is 2. The Labute approximate surface area is 136 Å². The largest absolute Gasteiger partial charge is 0.493 e. The van der Waals surface area contributed by atoms with Crippen LogP contribution in [0.25, 0.3) is 0 Å². The first kappa shape index (κ1) is 16.9. The Balaban J connectivity index is 2.02. The second-order valence-electron chi connectivity index (χ2n) is 5.40. The van der Waals surface area contributed by atoms with E-state index in [-0.39, 0.29) is 24.2 Å². The van der Waals surface area contributed by atoms with Crippen LogP contribution in [0, 0.1) is 5.92 Å². The molecule has 2 rings (SSSR count). The fourth-order valence-corrected chi connectivity index (χ4v) is 2.62. The lowest BCUT2D eigenvalue weighted by Crippen LogP contribution is -2.32. The Kier molecular flexibility index (Phi) is 5.62. The zero-order valence-electron chi connectivity index (χ0n) is 13.5. The Bertz CT molecular complexity index is 600. The minimum absolute atomic E-state index is 0.0152. The van der Waals surface area contributed by atoms with E-state index < -0.39 is 0 Å². The summed E-state index contributed by atoms with van der Waals surface area (Å²) in [6.45, 7) is 4.85. The predicted octanol–water partition coefficient (Wildman–Crippen LogP) is 1.35. The van der Waals surface area contributed by atoms with E-state index in [4.69, 9.17) is 9.47 Å². The maximum absolute atomic E-state index is 12.1. The molecule has 1 aromatic carbocycles. The number of methoxy groups -OCH3 is 2. The molecule has 1 saturated heterocycles. The average Bonchev–Trinajstić information content (AvgIpc) is 2.93. The lowest BCUT2D eigenvalue weighted by molar-refractivity contribution is -0.129. The third kappa shape index (κ3) is 4.03. The molecule has 6 heteroatoms. The zero-order chi connectivity index (χ0) is 16.8. The second-order valence-corrected chi connectivity index (χ2v) is 5.40. The van der Waals surface area contributed by atoms with Gasteiger partial charge in [-0.15, -0.1) is 6.58 Å². The van der Waals surface area contributed by atoms with Crippen LogP contribution in [-0.4, -0.2) is 44.0 Å². The van der Waals surface area contributed by atoms with Crippen LogP contribution >= 0.6 is 0 Å². The first-order chi connectivity index (χ1) is 11.1. The van der Waals surface area contributed by atoms with E-state index in [1.165, 1.54) is 0 Å². The Morgan fingerprint density at radius 1 is 1.39 bits per heavy atom. The quantitative estimate of drug-likeness (QED) is 0.771. The Morgan fingerprint density at radius 2 is 2.13 bits per heavy atom. The molecule has 2 amide bonds. The van der Waals surface area contributed by atoms with E-state index in [1.54, 1.807) is 25.2 Å². The van der Waals surface area contributed by atoms with E-state index in [2.05, 4.69) is 11.9 Å². The summed E-state index contributed by atoms with van der Waals surface area (Å²) >= 11 is 0. The second kappa shape index (κ2) is 7.67. The van der Waals surface area contributed by atoms with E-state index in [9.17, 15) is 9.59 Å². The molecule has 6 nitrogen and oxygen atoms in total. The zero-order valence-corrected chi connectivity index (χ0v) is 13.5. The van der Waals surface area contributed by atoms with Crippen molar-refractivity contribution in [2.45, 2.75) is 13.0 Å². The van der Waals surface area contributed by atoms with E-state index in [0.29, 0.717) is 31.1 Å². The lowest BCUT2D eigenvalue weighted by atomic mass is 10.1. The molecule has 23 heavy (non-hydrogen) atoms. The molecule has 1 unspecified atom stereocenters. The molecule has 0 spiro atoms. The molecule has 0 saturated carbocycles. The van der Waals surface area contributed by atoms with Gasteiger partial charge in [-0.05, 0) is 17.7 Å². The van der Waals surface area contributed by atoms with Crippen LogP contribution in [0.2, 0.25) is 0 Å². The summed E-state index contributed by atoms with van der Waals surface area (Å²) in [5, 5.41) is 2.74. The summed E-state index contributed by atoms with van der Waals surface area (Å²) in [5.41, 5.74) is 0.933. The summed E-state index contributed by atoms with van der Waals surface area (Å²) in [4.78, 5) is 25.8. The van der Waals surface area contributed by atoms with Crippen molar-refractivity contribution in [3.05, 3.63) is 36.4 Å². The SMILES string of the molecule is C=CCNC(=O)C1CC(=O)N(Cc2ccc(OC)c(OC)c2)C1. The molecule has 0 bridgehead atoms. The summed E-state index contributed by atoms with van der Waals surface area (Å²) in [7, 11) is 3.15. The van der Waals surface area contributed by atoms with Crippen LogP contribution in [0.5, 0.6) is 11.5 Å². The van der Waals surface area contributed by atoms with Gasteiger partial charge in [0.1, 0.15) is 0 Å². The van der Waals surface area contributed by atoms with Crippen molar-refractivity contribution in [3.63, 3.8) is 0 Å². The van der Waals surface area contributed by atoms with Gasteiger partial charge in [-0.3, -0.25) is 9.59 Å². The highest BCUT2D eigenvalue weighted by Gasteiger charge is 2.34. The number of rotatable bonds is 7. The first-order valence-electron chi connectivity index (χ1n) is 7.46. The number of carbonyl (C=O) groups is 2. The molecular formula is C17H22N2O4. The van der Waals surface area contributed by atoms with Gasteiger partial charge in [0.25, 0.3) is 0 Å². The predicted molar refractivity (Wildman–Crippen MR) is 86.3 cm³/mol. The van der Waals surface area contributed by atoms with E-state index in [0.717, 1.165) is 5.56 Å². The fourth-order valence-electron chi connectivity index (χ4n) is 2.62. The van der Waals surface area contributed by atoms with Gasteiger partial charge < -0.3 is 19.7 Å². The van der Waals surface area contributed by atoms with Crippen LogP contribution in [0.15, 0.2) is 30.9 Å². The van der Waals surface area contributed by atoms with Gasteiger partial charge in [0.15, 0.2) is 11.5 Å². The van der Waals surface area contributed by atoms with Crippen molar-refractivity contribution in [3.8, 4) is 11.5 Å². The lowest BCUT2D eigenvalue weighted by Gasteiger charge is -2.17. The van der Waals surface area contributed by atoms with Gasteiger partial charge in [-0.1, -0.05) is 12.1 Å². The summed E-state index contributed by atoms with van der Waals surface area (Å²) < 4.78 is 10.5. The van der Waals surface area contributed by atoms with Crippen LogP contribution < -0.4 is 14.8 Å². The molecule has 0 aromatic heterocycles. The molecule has 1 heterocycles. The minimum Gasteiger partial charge on any atom is -0.493 e. The van der Waals surface area contributed by atoms with E-state index in [1.807, 2.05) is 18.2 Å². The molecule has 1 fully saturated rings. The maximum Gasteiger partial charge on any atom is 0.225 e. The summed E-state index contributed by atoms with van der Waals surface area (Å²) in [5.74, 6) is 0.844. The molecule has 1 aliphatic heterocycles. The van der Waals surface area contributed by atoms with Gasteiger partial charge in [0.05, 0.1) is 20.1 Å². The summed E-state index contributed by atoms with van der Waals surface area (Å²) in [6, 6.07) is 5.54. The van der Waals surface area contributed by atoms with Crippen molar-refractivity contribution in [1.29, 1.82) is 0 Å². The molecule has 1 aliphatic rings. The summed E-state index contributed by atoms with van der Waals surface area (Å²) in [6.07, 6.45) is 1.87. The highest BCUT2D eigenvalue weighted by Crippen LogP contribution is 2.29. The molecule has 1 N–H and O–H groups in total. The van der Waals surface area contributed by atoms with Crippen LogP contribution in [0.1, 0.15) is 12.0 Å². The fraction of sp³-hybridized carbons (Fsp3) is 0.412. The van der Waals surface area contributed by atoms with Crippen LogP contribution in [0.3, 0.4) is 0 Å². The number of hydrogen-bond donors (Lipinski definition) is 1. The smallest absolute Gasteiger partial charge is 0.225 e. The number of nitrogens with one attached hydrogen (secondary N) is 1. The molecule has 1 aromatic rings.